The van der Waals surface area contributed by atoms with Crippen LogP contribution >= 0.6 is 0 Å². The number of carbonyl (C=O) groups excluding carboxylic acids is 1. The van der Waals surface area contributed by atoms with Gasteiger partial charge in [-0.15, -0.1) is 0 Å². The van der Waals surface area contributed by atoms with Crippen LogP contribution in [-0.2, 0) is 4.79 Å². The highest BCUT2D eigenvalue weighted by Crippen LogP contribution is 2.36. The van der Waals surface area contributed by atoms with Gasteiger partial charge in [0.15, 0.2) is 11.5 Å². The molecule has 128 valence electrons. The Labute approximate surface area is 143 Å². The predicted molar refractivity (Wildman–Crippen MR) is 91.3 cm³/mol. The molecule has 1 aromatic carbocycles. The Morgan fingerprint density at radius 3 is 2.32 bits per heavy atom. The van der Waals surface area contributed by atoms with Crippen molar-refractivity contribution in [3.8, 4) is 23.3 Å². The number of amides is 1. The third-order valence-corrected chi connectivity index (χ3v) is 3.36. The number of fused-ring (bicyclic) bond motifs is 1. The topological polar surface area (TPSA) is 95.5 Å². The van der Waals surface area contributed by atoms with Crippen LogP contribution in [0.15, 0.2) is 36.8 Å². The average Bonchev–Trinajstić information content (AvgIpc) is 2.62. The molecule has 2 heterocycles. The van der Waals surface area contributed by atoms with E-state index in [1.54, 1.807) is 38.6 Å². The van der Waals surface area contributed by atoms with Crippen LogP contribution < -0.4 is 19.5 Å². The van der Waals surface area contributed by atoms with Crippen molar-refractivity contribution in [2.45, 2.75) is 6.92 Å². The number of methoxy groups -OCH3 is 2. The van der Waals surface area contributed by atoms with Gasteiger partial charge in [0.2, 0.25) is 5.91 Å². The van der Waals surface area contributed by atoms with E-state index in [4.69, 9.17) is 14.2 Å². The Morgan fingerprint density at radius 2 is 1.68 bits per heavy atom. The molecule has 0 unspecified atom stereocenters. The molecule has 0 radical (unpaired) electrons. The van der Waals surface area contributed by atoms with E-state index in [0.717, 1.165) is 5.39 Å². The van der Waals surface area contributed by atoms with E-state index in [2.05, 4.69) is 20.3 Å². The lowest BCUT2D eigenvalue weighted by molar-refractivity contribution is -0.114. The summed E-state index contributed by atoms with van der Waals surface area (Å²) in [5.41, 5.74) is 1.18. The first-order chi connectivity index (χ1) is 12.1. The van der Waals surface area contributed by atoms with Gasteiger partial charge in [-0.2, -0.15) is 0 Å². The SMILES string of the molecule is COc1cc2nccc(Oc3ncc(NC(C)=O)cn3)c2cc1OC. The van der Waals surface area contributed by atoms with Gasteiger partial charge in [-0.05, 0) is 12.1 Å². The number of hydrogen-bond acceptors (Lipinski definition) is 7. The molecular formula is C17H16N4O4. The zero-order valence-electron chi connectivity index (χ0n) is 13.9. The minimum Gasteiger partial charge on any atom is -0.493 e. The first-order valence-electron chi connectivity index (χ1n) is 7.39. The molecule has 1 amide bonds. The summed E-state index contributed by atoms with van der Waals surface area (Å²) in [6.45, 7) is 1.41. The molecule has 3 rings (SSSR count). The van der Waals surface area contributed by atoms with Gasteiger partial charge in [-0.25, -0.2) is 9.97 Å². The second kappa shape index (κ2) is 7.00. The van der Waals surface area contributed by atoms with Gasteiger partial charge in [0.25, 0.3) is 0 Å². The number of rotatable bonds is 5. The maximum atomic E-state index is 11.0. The number of benzene rings is 1. The fourth-order valence-corrected chi connectivity index (χ4v) is 2.27. The minimum atomic E-state index is -0.196. The molecule has 25 heavy (non-hydrogen) atoms. The Morgan fingerprint density at radius 1 is 1.00 bits per heavy atom. The smallest absolute Gasteiger partial charge is 0.322 e. The number of nitrogens with one attached hydrogen (secondary N) is 1. The number of ether oxygens (including phenoxy) is 3. The molecule has 0 fully saturated rings. The van der Waals surface area contributed by atoms with Crippen LogP contribution in [0.1, 0.15) is 6.92 Å². The van der Waals surface area contributed by atoms with E-state index in [1.165, 1.54) is 19.3 Å². The zero-order chi connectivity index (χ0) is 17.8. The fourth-order valence-electron chi connectivity index (χ4n) is 2.27. The van der Waals surface area contributed by atoms with Gasteiger partial charge >= 0.3 is 6.01 Å². The second-order valence-electron chi connectivity index (χ2n) is 5.07. The Balaban J connectivity index is 1.94. The van der Waals surface area contributed by atoms with Crippen molar-refractivity contribution in [1.29, 1.82) is 0 Å². The van der Waals surface area contributed by atoms with E-state index in [1.807, 2.05) is 0 Å². The summed E-state index contributed by atoms with van der Waals surface area (Å²) in [5, 5.41) is 3.32. The number of nitrogens with zero attached hydrogens (tertiary/aromatic N) is 3. The molecule has 0 aliphatic heterocycles. The third-order valence-electron chi connectivity index (χ3n) is 3.36. The molecular weight excluding hydrogens is 324 g/mol. The lowest BCUT2D eigenvalue weighted by Crippen LogP contribution is -2.06. The largest absolute Gasteiger partial charge is 0.493 e. The van der Waals surface area contributed by atoms with Gasteiger partial charge in [0.05, 0.1) is 37.8 Å². The maximum Gasteiger partial charge on any atom is 0.322 e. The van der Waals surface area contributed by atoms with Crippen LogP contribution in [0, 0.1) is 0 Å². The van der Waals surface area contributed by atoms with Crippen LogP contribution in [0.5, 0.6) is 23.3 Å². The van der Waals surface area contributed by atoms with Crippen LogP contribution in [0.25, 0.3) is 10.9 Å². The fraction of sp³-hybridized carbons (Fsp3) is 0.176. The number of pyridine rings is 1. The lowest BCUT2D eigenvalue weighted by Gasteiger charge is -2.11. The molecule has 0 saturated carbocycles. The molecule has 0 spiro atoms. The minimum absolute atomic E-state index is 0.149. The monoisotopic (exact) mass is 340 g/mol. The first-order valence-corrected chi connectivity index (χ1v) is 7.39. The number of anilines is 1. The first kappa shape index (κ1) is 16.4. The molecule has 2 aromatic heterocycles. The van der Waals surface area contributed by atoms with Crippen molar-refractivity contribution in [1.82, 2.24) is 15.0 Å². The van der Waals surface area contributed by atoms with Crippen molar-refractivity contribution >= 4 is 22.5 Å². The van der Waals surface area contributed by atoms with E-state index in [9.17, 15) is 4.79 Å². The summed E-state index contributed by atoms with van der Waals surface area (Å²) in [4.78, 5) is 23.5. The molecule has 0 aliphatic rings. The lowest BCUT2D eigenvalue weighted by atomic mass is 10.2. The van der Waals surface area contributed by atoms with Crippen molar-refractivity contribution in [3.63, 3.8) is 0 Å². The van der Waals surface area contributed by atoms with Crippen LogP contribution in [0.4, 0.5) is 5.69 Å². The van der Waals surface area contributed by atoms with E-state index < -0.39 is 0 Å². The van der Waals surface area contributed by atoms with Crippen molar-refractivity contribution in [2.24, 2.45) is 0 Å². The molecule has 0 bridgehead atoms. The standard InChI is InChI=1S/C17H16N4O4/c1-10(22)21-11-8-19-17(20-9-11)25-14-4-5-18-13-7-16(24-3)15(23-2)6-12(13)14/h4-9H,1-3H3,(H,21,22). The van der Waals surface area contributed by atoms with E-state index in [-0.39, 0.29) is 11.9 Å². The Kier molecular flexibility index (Phi) is 4.60. The van der Waals surface area contributed by atoms with Gasteiger partial charge in [0, 0.05) is 24.6 Å². The van der Waals surface area contributed by atoms with Gasteiger partial charge in [0.1, 0.15) is 5.75 Å². The maximum absolute atomic E-state index is 11.0. The molecule has 3 aromatic rings. The molecule has 0 saturated heterocycles. The molecule has 8 heteroatoms. The zero-order valence-corrected chi connectivity index (χ0v) is 13.9. The summed E-state index contributed by atoms with van der Waals surface area (Å²) < 4.78 is 16.4. The summed E-state index contributed by atoms with van der Waals surface area (Å²) >= 11 is 0. The summed E-state index contributed by atoms with van der Waals surface area (Å²) in [6, 6.07) is 5.40. The number of aromatic nitrogens is 3. The quantitative estimate of drug-likeness (QED) is 0.763. The number of carbonyl (C=O) groups is 1. The number of hydrogen-bond donors (Lipinski definition) is 1. The van der Waals surface area contributed by atoms with Crippen molar-refractivity contribution in [3.05, 3.63) is 36.8 Å². The average molecular weight is 340 g/mol. The predicted octanol–water partition coefficient (Wildman–Crippen LogP) is 2.79. The van der Waals surface area contributed by atoms with Crippen LogP contribution in [0.3, 0.4) is 0 Å². The van der Waals surface area contributed by atoms with Crippen molar-refractivity contribution in [2.75, 3.05) is 19.5 Å². The molecule has 0 aliphatic carbocycles. The Bertz CT molecular complexity index is 912. The normalized spacial score (nSPS) is 10.4. The van der Waals surface area contributed by atoms with Gasteiger partial charge in [-0.1, -0.05) is 0 Å². The molecule has 8 nitrogen and oxygen atoms in total. The van der Waals surface area contributed by atoms with E-state index >= 15 is 0 Å². The molecule has 0 atom stereocenters. The Hall–Kier alpha value is -3.42. The van der Waals surface area contributed by atoms with Crippen molar-refractivity contribution < 1.29 is 19.0 Å². The van der Waals surface area contributed by atoms with E-state index in [0.29, 0.717) is 28.5 Å². The van der Waals surface area contributed by atoms with Gasteiger partial charge < -0.3 is 19.5 Å². The highest BCUT2D eigenvalue weighted by Gasteiger charge is 2.12. The highest BCUT2D eigenvalue weighted by molar-refractivity contribution is 5.89. The van der Waals surface area contributed by atoms with Crippen LogP contribution in [-0.4, -0.2) is 35.1 Å². The van der Waals surface area contributed by atoms with Gasteiger partial charge in [-0.3, -0.25) is 9.78 Å². The molecule has 1 N–H and O–H groups in total. The third kappa shape index (κ3) is 3.57. The second-order valence-corrected chi connectivity index (χ2v) is 5.07. The highest BCUT2D eigenvalue weighted by atomic mass is 16.5. The summed E-state index contributed by atoms with van der Waals surface area (Å²) in [5.74, 6) is 1.47. The van der Waals surface area contributed by atoms with Crippen LogP contribution in [0.2, 0.25) is 0 Å². The summed E-state index contributed by atoms with van der Waals surface area (Å²) in [7, 11) is 3.12. The summed E-state index contributed by atoms with van der Waals surface area (Å²) in [6.07, 6.45) is 4.56.